The molecule has 1 unspecified atom stereocenters. The fourth-order valence-electron chi connectivity index (χ4n) is 3.57. The van der Waals surface area contributed by atoms with Gasteiger partial charge < -0.3 is 9.47 Å². The zero-order chi connectivity index (χ0) is 15.5. The van der Waals surface area contributed by atoms with Crippen LogP contribution in [-0.4, -0.2) is 41.3 Å². The Morgan fingerprint density at radius 2 is 2.22 bits per heavy atom. The summed E-state index contributed by atoms with van der Waals surface area (Å²) in [5.41, 5.74) is 1.44. The average Bonchev–Trinajstić information content (AvgIpc) is 3.22. The molecule has 2 aromatic heterocycles. The van der Waals surface area contributed by atoms with Gasteiger partial charge in [-0.2, -0.15) is 11.3 Å². The molecular formula is C18H22N2O2S. The van der Waals surface area contributed by atoms with Crippen molar-refractivity contribution in [3.8, 4) is 5.88 Å². The van der Waals surface area contributed by atoms with Gasteiger partial charge in [0.05, 0.1) is 12.2 Å². The molecule has 0 radical (unpaired) electrons. The SMILES string of the molecule is c1ccc(OC2COC3(CCN(Cc4ccsc4)CC3)C2)nc1. The van der Waals surface area contributed by atoms with Gasteiger partial charge in [-0.25, -0.2) is 4.98 Å². The number of thiophene rings is 1. The van der Waals surface area contributed by atoms with E-state index in [1.165, 1.54) is 5.56 Å². The van der Waals surface area contributed by atoms with Crippen molar-refractivity contribution in [3.63, 3.8) is 0 Å². The van der Waals surface area contributed by atoms with E-state index in [1.807, 2.05) is 18.2 Å². The Bertz CT molecular complexity index is 609. The Morgan fingerprint density at radius 3 is 2.96 bits per heavy atom. The monoisotopic (exact) mass is 330 g/mol. The number of ether oxygens (including phenoxy) is 2. The van der Waals surface area contributed by atoms with Gasteiger partial charge >= 0.3 is 0 Å². The highest BCUT2D eigenvalue weighted by Crippen LogP contribution is 2.37. The van der Waals surface area contributed by atoms with E-state index in [1.54, 1.807) is 17.5 Å². The minimum atomic E-state index is 0.0184. The average molecular weight is 330 g/mol. The molecule has 122 valence electrons. The Kier molecular flexibility index (Phi) is 4.33. The molecule has 0 aliphatic carbocycles. The summed E-state index contributed by atoms with van der Waals surface area (Å²) in [5.74, 6) is 0.702. The van der Waals surface area contributed by atoms with Gasteiger partial charge in [0, 0.05) is 38.3 Å². The Labute approximate surface area is 141 Å². The summed E-state index contributed by atoms with van der Waals surface area (Å²) >= 11 is 1.77. The lowest BCUT2D eigenvalue weighted by Crippen LogP contribution is -2.44. The van der Waals surface area contributed by atoms with Crippen molar-refractivity contribution in [3.05, 3.63) is 46.8 Å². The van der Waals surface area contributed by atoms with E-state index < -0.39 is 0 Å². The molecule has 2 aromatic rings. The lowest BCUT2D eigenvalue weighted by Gasteiger charge is -2.38. The quantitative estimate of drug-likeness (QED) is 0.861. The number of likely N-dealkylation sites (tertiary alicyclic amines) is 1. The summed E-state index contributed by atoms with van der Waals surface area (Å²) in [7, 11) is 0. The van der Waals surface area contributed by atoms with Crippen LogP contribution in [0.15, 0.2) is 41.2 Å². The third-order valence-corrected chi connectivity index (χ3v) is 5.59. The third-order valence-electron chi connectivity index (χ3n) is 4.85. The molecule has 0 N–H and O–H groups in total. The number of piperidine rings is 1. The number of hydrogen-bond donors (Lipinski definition) is 0. The van der Waals surface area contributed by atoms with Crippen molar-refractivity contribution in [1.29, 1.82) is 0 Å². The highest BCUT2D eigenvalue weighted by atomic mass is 32.1. The number of pyridine rings is 1. The van der Waals surface area contributed by atoms with Crippen LogP contribution in [0, 0.1) is 0 Å². The van der Waals surface area contributed by atoms with E-state index in [-0.39, 0.29) is 11.7 Å². The van der Waals surface area contributed by atoms with Crippen molar-refractivity contribution in [1.82, 2.24) is 9.88 Å². The van der Waals surface area contributed by atoms with E-state index >= 15 is 0 Å². The molecule has 2 aliphatic rings. The van der Waals surface area contributed by atoms with E-state index in [0.29, 0.717) is 12.5 Å². The van der Waals surface area contributed by atoms with Gasteiger partial charge in [0.2, 0.25) is 5.88 Å². The lowest BCUT2D eigenvalue weighted by molar-refractivity contribution is -0.0454. The van der Waals surface area contributed by atoms with E-state index in [0.717, 1.165) is 38.9 Å². The summed E-state index contributed by atoms with van der Waals surface area (Å²) in [5, 5.41) is 4.40. The molecular weight excluding hydrogens is 308 g/mol. The van der Waals surface area contributed by atoms with Crippen LogP contribution in [0.4, 0.5) is 0 Å². The zero-order valence-corrected chi connectivity index (χ0v) is 14.0. The first-order valence-corrected chi connectivity index (χ1v) is 9.21. The topological polar surface area (TPSA) is 34.6 Å². The van der Waals surface area contributed by atoms with Crippen LogP contribution in [-0.2, 0) is 11.3 Å². The number of rotatable bonds is 4. The van der Waals surface area contributed by atoms with Crippen LogP contribution in [0.3, 0.4) is 0 Å². The third kappa shape index (κ3) is 3.57. The standard InChI is InChI=1S/C18H22N2O2S/c1-2-7-19-17(3-1)22-16-11-18(21-13-16)5-8-20(9-6-18)12-15-4-10-23-14-15/h1-4,7,10,14,16H,5-6,8-9,11-13H2. The Hall–Kier alpha value is -1.43. The molecule has 4 heterocycles. The molecule has 0 bridgehead atoms. The van der Waals surface area contributed by atoms with Crippen molar-refractivity contribution in [2.75, 3.05) is 19.7 Å². The smallest absolute Gasteiger partial charge is 0.213 e. The Balaban J connectivity index is 1.29. The molecule has 0 aromatic carbocycles. The molecule has 23 heavy (non-hydrogen) atoms. The lowest BCUT2D eigenvalue weighted by atomic mass is 9.88. The number of hydrogen-bond acceptors (Lipinski definition) is 5. The highest BCUT2D eigenvalue weighted by molar-refractivity contribution is 7.07. The maximum Gasteiger partial charge on any atom is 0.213 e. The molecule has 0 saturated carbocycles. The van der Waals surface area contributed by atoms with Gasteiger partial charge in [-0.3, -0.25) is 4.90 Å². The largest absolute Gasteiger partial charge is 0.472 e. The molecule has 4 rings (SSSR count). The predicted molar refractivity (Wildman–Crippen MR) is 90.8 cm³/mol. The van der Waals surface area contributed by atoms with Crippen molar-refractivity contribution in [2.24, 2.45) is 0 Å². The predicted octanol–water partition coefficient (Wildman–Crippen LogP) is 3.35. The molecule has 2 fully saturated rings. The second-order valence-corrected chi connectivity index (χ2v) is 7.29. The van der Waals surface area contributed by atoms with Crippen LogP contribution in [0.1, 0.15) is 24.8 Å². The summed E-state index contributed by atoms with van der Waals surface area (Å²) in [6, 6.07) is 7.99. The minimum absolute atomic E-state index is 0.0184. The first kappa shape index (κ1) is 15.1. The van der Waals surface area contributed by atoms with E-state index in [9.17, 15) is 0 Å². The summed E-state index contributed by atoms with van der Waals surface area (Å²) in [6.45, 7) is 3.95. The van der Waals surface area contributed by atoms with Gasteiger partial charge in [-0.15, -0.1) is 0 Å². The van der Waals surface area contributed by atoms with Gasteiger partial charge in [-0.05, 0) is 41.3 Å². The maximum absolute atomic E-state index is 6.17. The molecule has 0 amide bonds. The Morgan fingerprint density at radius 1 is 1.30 bits per heavy atom. The summed E-state index contributed by atoms with van der Waals surface area (Å²) < 4.78 is 12.1. The van der Waals surface area contributed by atoms with Crippen LogP contribution in [0.2, 0.25) is 0 Å². The van der Waals surface area contributed by atoms with Gasteiger partial charge in [0.15, 0.2) is 0 Å². The second-order valence-electron chi connectivity index (χ2n) is 6.51. The fourth-order valence-corrected chi connectivity index (χ4v) is 4.23. The minimum Gasteiger partial charge on any atom is -0.472 e. The maximum atomic E-state index is 6.17. The van der Waals surface area contributed by atoms with Crippen molar-refractivity contribution < 1.29 is 9.47 Å². The van der Waals surface area contributed by atoms with E-state index in [2.05, 4.69) is 26.7 Å². The van der Waals surface area contributed by atoms with E-state index in [4.69, 9.17) is 9.47 Å². The summed E-state index contributed by atoms with van der Waals surface area (Å²) in [6.07, 6.45) is 5.08. The molecule has 5 heteroatoms. The highest BCUT2D eigenvalue weighted by Gasteiger charge is 2.43. The first-order chi connectivity index (χ1) is 11.3. The number of aromatic nitrogens is 1. The number of nitrogens with zero attached hydrogens (tertiary/aromatic N) is 2. The fraction of sp³-hybridized carbons (Fsp3) is 0.500. The summed E-state index contributed by atoms with van der Waals surface area (Å²) in [4.78, 5) is 6.78. The molecule has 2 aliphatic heterocycles. The molecule has 2 saturated heterocycles. The molecule has 1 spiro atoms. The second kappa shape index (κ2) is 6.59. The van der Waals surface area contributed by atoms with Crippen molar-refractivity contribution in [2.45, 2.75) is 37.5 Å². The van der Waals surface area contributed by atoms with Gasteiger partial charge in [-0.1, -0.05) is 6.07 Å². The first-order valence-electron chi connectivity index (χ1n) is 8.26. The van der Waals surface area contributed by atoms with Crippen LogP contribution in [0.5, 0.6) is 5.88 Å². The van der Waals surface area contributed by atoms with Gasteiger partial charge in [0.25, 0.3) is 0 Å². The van der Waals surface area contributed by atoms with Crippen molar-refractivity contribution >= 4 is 11.3 Å². The normalized spacial score (nSPS) is 24.1. The zero-order valence-electron chi connectivity index (χ0n) is 13.2. The van der Waals surface area contributed by atoms with Crippen LogP contribution >= 0.6 is 11.3 Å². The molecule has 4 nitrogen and oxygen atoms in total. The van der Waals surface area contributed by atoms with Crippen LogP contribution in [0.25, 0.3) is 0 Å². The van der Waals surface area contributed by atoms with Crippen LogP contribution < -0.4 is 4.74 Å². The van der Waals surface area contributed by atoms with Gasteiger partial charge in [0.1, 0.15) is 6.10 Å². The molecule has 1 atom stereocenters.